The predicted molar refractivity (Wildman–Crippen MR) is 98.6 cm³/mol. The zero-order valence-corrected chi connectivity index (χ0v) is 16.4. The van der Waals surface area contributed by atoms with Crippen molar-refractivity contribution in [2.24, 2.45) is 46.3 Å². The van der Waals surface area contributed by atoms with Crippen LogP contribution in [-0.2, 0) is 4.65 Å². The molecule has 0 unspecified atom stereocenters. The first-order valence-electron chi connectivity index (χ1n) is 10.2. The summed E-state index contributed by atoms with van der Waals surface area (Å²) in [4.78, 5) is 0. The normalized spacial score (nSPS) is 52.3. The third kappa shape index (κ3) is 2.03. The highest BCUT2D eigenvalue weighted by Crippen LogP contribution is 2.69. The molecule has 0 radical (unpaired) electrons. The zero-order valence-electron chi connectivity index (χ0n) is 16.4. The molecule has 6 fully saturated rings. The van der Waals surface area contributed by atoms with Crippen molar-refractivity contribution < 1.29 is 4.65 Å². The van der Waals surface area contributed by atoms with Gasteiger partial charge in [-0.3, -0.25) is 0 Å². The number of hydrogen-bond donors (Lipinski definition) is 0. The minimum Gasteiger partial charge on any atom is -0.438 e. The van der Waals surface area contributed by atoms with Crippen LogP contribution in [0.4, 0.5) is 0 Å². The van der Waals surface area contributed by atoms with Gasteiger partial charge in [-0.15, -0.1) is 0 Å². The maximum atomic E-state index is 6.24. The third-order valence-electron chi connectivity index (χ3n) is 9.94. The third-order valence-corrected chi connectivity index (χ3v) is 9.94. The first kappa shape index (κ1) is 16.5. The highest BCUT2D eigenvalue weighted by Gasteiger charge is 2.62. The van der Waals surface area contributed by atoms with Crippen LogP contribution in [0.1, 0.15) is 67.2 Å². The first-order chi connectivity index (χ1) is 10.7. The molecular weight excluding hydrogens is 279 g/mol. The summed E-state index contributed by atoms with van der Waals surface area (Å²) in [7, 11) is 2.00. The second-order valence-corrected chi connectivity index (χ2v) is 10.9. The van der Waals surface area contributed by atoms with E-state index in [0.29, 0.717) is 17.7 Å². The average molecular weight is 316 g/mol. The fourth-order valence-corrected chi connectivity index (χ4v) is 7.91. The van der Waals surface area contributed by atoms with Gasteiger partial charge in [-0.2, -0.15) is 0 Å². The molecule has 0 amide bonds. The van der Waals surface area contributed by atoms with Crippen molar-refractivity contribution in [1.82, 2.24) is 0 Å². The van der Waals surface area contributed by atoms with Crippen LogP contribution in [0.5, 0.6) is 0 Å². The molecular formula is C21H37BO. The van der Waals surface area contributed by atoms with Crippen LogP contribution in [0.3, 0.4) is 0 Å². The van der Waals surface area contributed by atoms with Gasteiger partial charge in [0.1, 0.15) is 0 Å². The van der Waals surface area contributed by atoms with E-state index in [1.807, 2.05) is 7.11 Å². The van der Waals surface area contributed by atoms with Gasteiger partial charge in [-0.05, 0) is 70.8 Å². The summed E-state index contributed by atoms with van der Waals surface area (Å²) in [5, 5.41) is 0. The van der Waals surface area contributed by atoms with Crippen LogP contribution in [-0.4, -0.2) is 14.0 Å². The van der Waals surface area contributed by atoms with E-state index in [-0.39, 0.29) is 0 Å². The van der Waals surface area contributed by atoms with Crippen LogP contribution < -0.4 is 0 Å². The van der Waals surface area contributed by atoms with Crippen molar-refractivity contribution >= 4 is 6.92 Å². The topological polar surface area (TPSA) is 9.23 Å². The SMILES string of the molecule is COB([C@H]1C[C@H]2C[C@@H]([C@@H]1C)C2(C)C)[C@@H]1C[C@H]2C[C@@H]([C@@H]1C)C2(C)C. The van der Waals surface area contributed by atoms with E-state index in [1.165, 1.54) is 25.7 Å². The molecule has 0 aromatic carbocycles. The highest BCUT2D eigenvalue weighted by molar-refractivity contribution is 6.55. The van der Waals surface area contributed by atoms with Gasteiger partial charge < -0.3 is 4.65 Å². The molecule has 6 rings (SSSR count). The lowest BCUT2D eigenvalue weighted by molar-refractivity contribution is -0.110. The summed E-state index contributed by atoms with van der Waals surface area (Å²) in [6.45, 7) is 15.7. The Bertz CT molecular complexity index is 442. The van der Waals surface area contributed by atoms with Crippen molar-refractivity contribution in [3.05, 3.63) is 0 Å². The standard InChI is InChI=1S/C21H37BO/c1-12-16-8-14(20(16,3)4)10-18(12)22(23-7)19-11-15-9-17(13(19)2)21(15,5)6/h12-19H,8-11H2,1-7H3/t12-,13-,14+,15+,16-,17-,18-,19+/m0/s1. The lowest BCUT2D eigenvalue weighted by atomic mass is 9.27. The van der Waals surface area contributed by atoms with Crippen molar-refractivity contribution in [3.8, 4) is 0 Å². The summed E-state index contributed by atoms with van der Waals surface area (Å²) in [5.74, 6) is 7.10. The second kappa shape index (κ2) is 5.02. The van der Waals surface area contributed by atoms with Gasteiger partial charge in [0, 0.05) is 7.11 Å². The van der Waals surface area contributed by atoms with E-state index in [2.05, 4.69) is 41.5 Å². The van der Waals surface area contributed by atoms with Gasteiger partial charge in [-0.1, -0.05) is 54.4 Å². The van der Waals surface area contributed by atoms with Crippen molar-refractivity contribution in [3.63, 3.8) is 0 Å². The van der Waals surface area contributed by atoms with Crippen LogP contribution in [0.25, 0.3) is 0 Å². The lowest BCUT2D eigenvalue weighted by Crippen LogP contribution is -2.60. The average Bonchev–Trinajstić information content (AvgIpc) is 2.49. The predicted octanol–water partition coefficient (Wildman–Crippen LogP) is 5.77. The molecule has 6 saturated carbocycles. The quantitative estimate of drug-likeness (QED) is 0.601. The smallest absolute Gasteiger partial charge is 0.299 e. The molecule has 0 aromatic heterocycles. The Hall–Kier alpha value is 0.0249. The number of hydrogen-bond acceptors (Lipinski definition) is 1. The van der Waals surface area contributed by atoms with E-state index >= 15 is 0 Å². The summed E-state index contributed by atoms with van der Waals surface area (Å²) in [6.07, 6.45) is 5.81. The van der Waals surface area contributed by atoms with E-state index in [0.717, 1.165) is 47.1 Å². The Balaban J connectivity index is 1.52. The Morgan fingerprint density at radius 1 is 0.739 bits per heavy atom. The fourth-order valence-electron chi connectivity index (χ4n) is 7.91. The fraction of sp³-hybridized carbons (Fsp3) is 1.00. The Morgan fingerprint density at radius 3 is 1.39 bits per heavy atom. The monoisotopic (exact) mass is 316 g/mol. The van der Waals surface area contributed by atoms with Crippen LogP contribution >= 0.6 is 0 Å². The van der Waals surface area contributed by atoms with Gasteiger partial charge in [0.15, 0.2) is 0 Å². The van der Waals surface area contributed by atoms with Gasteiger partial charge >= 0.3 is 0 Å². The van der Waals surface area contributed by atoms with E-state index < -0.39 is 0 Å². The second-order valence-electron chi connectivity index (χ2n) is 10.9. The molecule has 0 heterocycles. The molecule has 0 saturated heterocycles. The molecule has 6 aliphatic rings. The largest absolute Gasteiger partial charge is 0.438 e. The summed E-state index contributed by atoms with van der Waals surface area (Å²) >= 11 is 0. The van der Waals surface area contributed by atoms with E-state index in [4.69, 9.17) is 4.65 Å². The first-order valence-corrected chi connectivity index (χ1v) is 10.2. The Morgan fingerprint density at radius 2 is 1.13 bits per heavy atom. The molecule has 0 aliphatic heterocycles. The van der Waals surface area contributed by atoms with Gasteiger partial charge in [0.2, 0.25) is 0 Å². The number of fused-ring (bicyclic) bond motifs is 4. The highest BCUT2D eigenvalue weighted by atomic mass is 16.4. The molecule has 4 bridgehead atoms. The molecule has 0 N–H and O–H groups in total. The summed E-state index contributed by atoms with van der Waals surface area (Å²) < 4.78 is 6.24. The molecule has 130 valence electrons. The van der Waals surface area contributed by atoms with Crippen LogP contribution in [0.15, 0.2) is 0 Å². The molecule has 2 heteroatoms. The van der Waals surface area contributed by atoms with Crippen LogP contribution in [0, 0.1) is 46.3 Å². The Kier molecular flexibility index (Phi) is 3.60. The number of rotatable bonds is 3. The van der Waals surface area contributed by atoms with Crippen molar-refractivity contribution in [2.45, 2.75) is 78.9 Å². The maximum Gasteiger partial charge on any atom is 0.299 e. The lowest BCUT2D eigenvalue weighted by Gasteiger charge is -2.65. The van der Waals surface area contributed by atoms with Gasteiger partial charge in [-0.25, -0.2) is 0 Å². The molecule has 6 aliphatic carbocycles. The van der Waals surface area contributed by atoms with Gasteiger partial charge in [0.25, 0.3) is 6.92 Å². The van der Waals surface area contributed by atoms with Gasteiger partial charge in [0.05, 0.1) is 0 Å². The molecule has 1 nitrogen and oxygen atoms in total. The zero-order chi connectivity index (χ0) is 16.7. The van der Waals surface area contributed by atoms with Crippen LogP contribution in [0.2, 0.25) is 11.6 Å². The minimum atomic E-state index is 0.516. The molecule has 23 heavy (non-hydrogen) atoms. The summed E-state index contributed by atoms with van der Waals surface area (Å²) in [5.41, 5.74) is 1.19. The minimum absolute atomic E-state index is 0.516. The molecule has 0 spiro atoms. The van der Waals surface area contributed by atoms with Crippen molar-refractivity contribution in [1.29, 1.82) is 0 Å². The van der Waals surface area contributed by atoms with E-state index in [9.17, 15) is 0 Å². The Labute approximate surface area is 144 Å². The summed E-state index contributed by atoms with van der Waals surface area (Å²) in [6, 6.07) is 0. The van der Waals surface area contributed by atoms with E-state index in [1.54, 1.807) is 0 Å². The molecule has 0 aromatic rings. The van der Waals surface area contributed by atoms with Crippen molar-refractivity contribution in [2.75, 3.05) is 7.11 Å². The maximum absolute atomic E-state index is 6.24. The molecule has 8 atom stereocenters.